The summed E-state index contributed by atoms with van der Waals surface area (Å²) in [6, 6.07) is 0.982. The van der Waals surface area contributed by atoms with Gasteiger partial charge in [0, 0.05) is 7.05 Å². The summed E-state index contributed by atoms with van der Waals surface area (Å²) in [7, 11) is 0.716. The van der Waals surface area contributed by atoms with Gasteiger partial charge in [-0.05, 0) is 24.6 Å². The molecule has 0 saturated carbocycles. The van der Waals surface area contributed by atoms with Crippen molar-refractivity contribution in [3.63, 3.8) is 0 Å². The van der Waals surface area contributed by atoms with E-state index >= 15 is 0 Å². The van der Waals surface area contributed by atoms with Crippen LogP contribution in [-0.2, 0) is 4.79 Å². The third kappa shape index (κ3) is 3.27. The second-order valence-corrected chi connectivity index (χ2v) is 4.34. The van der Waals surface area contributed by atoms with E-state index in [0.29, 0.717) is 19.2 Å². The zero-order chi connectivity index (χ0) is 16.6. The van der Waals surface area contributed by atoms with Crippen molar-refractivity contribution in [2.75, 3.05) is 7.05 Å². The topological polar surface area (TPSA) is 20.3 Å². The third-order valence-electron chi connectivity index (χ3n) is 2.95. The van der Waals surface area contributed by atoms with Gasteiger partial charge in [-0.1, -0.05) is 6.07 Å². The van der Waals surface area contributed by atoms with Gasteiger partial charge in [0.2, 0.25) is 0 Å². The van der Waals surface area contributed by atoms with Crippen LogP contribution in [0.15, 0.2) is 18.2 Å². The maximum Gasteiger partial charge on any atom is 0.463 e. The second kappa shape index (κ2) is 5.53. The van der Waals surface area contributed by atoms with Crippen LogP contribution in [-0.4, -0.2) is 30.0 Å². The van der Waals surface area contributed by atoms with Crippen LogP contribution in [0.1, 0.15) is 18.5 Å². The summed E-state index contributed by atoms with van der Waals surface area (Å²) in [6.45, 7) is 1.11. The lowest BCUT2D eigenvalue weighted by Gasteiger charge is -2.29. The number of hydrogen-bond acceptors (Lipinski definition) is 1. The number of rotatable bonds is 3. The van der Waals surface area contributed by atoms with Crippen LogP contribution in [0.3, 0.4) is 0 Å². The highest BCUT2D eigenvalue weighted by molar-refractivity contribution is 5.84. The van der Waals surface area contributed by atoms with E-state index in [1.54, 1.807) is 0 Å². The van der Waals surface area contributed by atoms with Gasteiger partial charge in [0.05, 0.1) is 6.04 Å². The molecule has 1 amide bonds. The van der Waals surface area contributed by atoms with Crippen LogP contribution in [0.25, 0.3) is 0 Å². The Kier molecular flexibility index (Phi) is 4.54. The van der Waals surface area contributed by atoms with E-state index < -0.39 is 35.7 Å². The number of carbonyl (C=O) groups excluding carboxylic acids is 1. The molecule has 9 heteroatoms. The Bertz CT molecular complexity index is 541. The van der Waals surface area contributed by atoms with Crippen molar-refractivity contribution < 1.29 is 35.5 Å². The standard InChI is InChI=1S/C12H10F7NO/c1-6(7-3-4-8(13)9(14)5-7)20(2)10(21)11(15,16)12(17,18)19/h3-6H,1-2H3. The molecule has 1 rings (SSSR count). The first kappa shape index (κ1) is 17.3. The van der Waals surface area contributed by atoms with Crippen molar-refractivity contribution in [2.24, 2.45) is 0 Å². The Labute approximate surface area is 115 Å². The highest BCUT2D eigenvalue weighted by Crippen LogP contribution is 2.38. The molecule has 0 saturated heterocycles. The highest BCUT2D eigenvalue weighted by Gasteiger charge is 2.64. The first-order valence-corrected chi connectivity index (χ1v) is 5.56. The minimum Gasteiger partial charge on any atom is -0.333 e. The molecule has 0 spiro atoms. The first-order chi connectivity index (χ1) is 9.39. The van der Waals surface area contributed by atoms with Gasteiger partial charge < -0.3 is 4.90 Å². The van der Waals surface area contributed by atoms with Crippen molar-refractivity contribution in [2.45, 2.75) is 25.1 Å². The van der Waals surface area contributed by atoms with Gasteiger partial charge in [0.25, 0.3) is 0 Å². The van der Waals surface area contributed by atoms with Crippen molar-refractivity contribution in [1.29, 1.82) is 0 Å². The predicted molar refractivity (Wildman–Crippen MR) is 58.5 cm³/mol. The van der Waals surface area contributed by atoms with Gasteiger partial charge in [-0.2, -0.15) is 22.0 Å². The largest absolute Gasteiger partial charge is 0.463 e. The molecule has 1 aromatic rings. The number of alkyl halides is 5. The summed E-state index contributed by atoms with van der Waals surface area (Å²) in [5.41, 5.74) is -0.122. The summed E-state index contributed by atoms with van der Waals surface area (Å²) < 4.78 is 88.0. The van der Waals surface area contributed by atoms with Crippen LogP contribution < -0.4 is 0 Å². The molecule has 0 bridgehead atoms. The molecule has 0 fully saturated rings. The second-order valence-electron chi connectivity index (χ2n) is 4.34. The third-order valence-corrected chi connectivity index (χ3v) is 2.95. The van der Waals surface area contributed by atoms with Gasteiger partial charge >= 0.3 is 18.0 Å². The van der Waals surface area contributed by atoms with Crippen molar-refractivity contribution in [3.05, 3.63) is 35.4 Å². The van der Waals surface area contributed by atoms with Crippen molar-refractivity contribution in [1.82, 2.24) is 4.90 Å². The van der Waals surface area contributed by atoms with Crippen molar-refractivity contribution in [3.8, 4) is 0 Å². The Morgan fingerprint density at radius 3 is 2.05 bits per heavy atom. The van der Waals surface area contributed by atoms with E-state index in [-0.39, 0.29) is 10.5 Å². The quantitative estimate of drug-likeness (QED) is 0.779. The van der Waals surface area contributed by atoms with E-state index in [2.05, 4.69) is 0 Å². The molecule has 118 valence electrons. The maximum atomic E-state index is 13.0. The average molecular weight is 317 g/mol. The van der Waals surface area contributed by atoms with E-state index in [9.17, 15) is 35.5 Å². The van der Waals surface area contributed by atoms with Gasteiger partial charge in [-0.3, -0.25) is 4.79 Å². The monoisotopic (exact) mass is 317 g/mol. The minimum absolute atomic E-state index is 0.122. The zero-order valence-corrected chi connectivity index (χ0v) is 10.8. The molecule has 0 aromatic heterocycles. The first-order valence-electron chi connectivity index (χ1n) is 5.56. The average Bonchev–Trinajstić information content (AvgIpc) is 2.38. The number of nitrogens with zero attached hydrogens (tertiary/aromatic N) is 1. The molecule has 0 heterocycles. The normalized spacial score (nSPS) is 14.0. The molecule has 0 radical (unpaired) electrons. The lowest BCUT2D eigenvalue weighted by Crippen LogP contribution is -2.51. The molecule has 0 aliphatic rings. The van der Waals surface area contributed by atoms with Crippen LogP contribution >= 0.6 is 0 Å². The van der Waals surface area contributed by atoms with E-state index in [4.69, 9.17) is 0 Å². The van der Waals surface area contributed by atoms with Crippen molar-refractivity contribution >= 4 is 5.91 Å². The van der Waals surface area contributed by atoms with E-state index in [1.807, 2.05) is 0 Å². The molecular weight excluding hydrogens is 307 g/mol. The fourth-order valence-corrected chi connectivity index (χ4v) is 1.51. The smallest absolute Gasteiger partial charge is 0.333 e. The van der Waals surface area contributed by atoms with Gasteiger partial charge in [-0.15, -0.1) is 0 Å². The summed E-state index contributed by atoms with van der Waals surface area (Å²) >= 11 is 0. The number of halogens is 7. The number of benzene rings is 1. The Hall–Kier alpha value is -1.80. The molecule has 21 heavy (non-hydrogen) atoms. The summed E-state index contributed by atoms with van der Waals surface area (Å²) in [5.74, 6) is -10.6. The lowest BCUT2D eigenvalue weighted by molar-refractivity contribution is -0.274. The maximum absolute atomic E-state index is 13.0. The molecule has 2 nitrogen and oxygen atoms in total. The molecule has 0 aliphatic carbocycles. The Balaban J connectivity index is 3.04. The number of carbonyl (C=O) groups is 1. The number of hydrogen-bond donors (Lipinski definition) is 0. The van der Waals surface area contributed by atoms with Gasteiger partial charge in [0.15, 0.2) is 11.6 Å². The molecular formula is C12H10F7NO. The summed E-state index contributed by atoms with van der Waals surface area (Å²) in [6.07, 6.45) is -6.04. The Morgan fingerprint density at radius 1 is 1.10 bits per heavy atom. The van der Waals surface area contributed by atoms with E-state index in [0.717, 1.165) is 13.0 Å². The molecule has 1 atom stereocenters. The van der Waals surface area contributed by atoms with Gasteiger partial charge in [0.1, 0.15) is 0 Å². The molecule has 0 N–H and O–H groups in total. The van der Waals surface area contributed by atoms with Crippen LogP contribution in [0.5, 0.6) is 0 Å². The SMILES string of the molecule is CC(c1ccc(F)c(F)c1)N(C)C(=O)C(F)(F)C(F)(F)F. The molecule has 1 aromatic carbocycles. The highest BCUT2D eigenvalue weighted by atomic mass is 19.4. The van der Waals surface area contributed by atoms with Crippen LogP contribution in [0.2, 0.25) is 0 Å². The minimum atomic E-state index is -6.04. The zero-order valence-electron chi connectivity index (χ0n) is 10.8. The predicted octanol–water partition coefficient (Wildman–Crippen LogP) is 3.68. The lowest BCUT2D eigenvalue weighted by atomic mass is 10.1. The van der Waals surface area contributed by atoms with Gasteiger partial charge in [-0.25, -0.2) is 8.78 Å². The molecule has 0 aliphatic heterocycles. The van der Waals surface area contributed by atoms with E-state index in [1.165, 1.54) is 0 Å². The van der Waals surface area contributed by atoms with Crippen LogP contribution in [0.4, 0.5) is 30.7 Å². The fraction of sp³-hybridized carbons (Fsp3) is 0.417. The number of amides is 1. The fourth-order valence-electron chi connectivity index (χ4n) is 1.51. The van der Waals surface area contributed by atoms with Crippen LogP contribution in [0, 0.1) is 11.6 Å². The summed E-state index contributed by atoms with van der Waals surface area (Å²) in [4.78, 5) is 11.4. The molecule has 1 unspecified atom stereocenters. The Morgan fingerprint density at radius 2 is 1.62 bits per heavy atom. The summed E-state index contributed by atoms with van der Waals surface area (Å²) in [5, 5.41) is 0.